The van der Waals surface area contributed by atoms with Crippen LogP contribution in [-0.4, -0.2) is 87.4 Å². The highest BCUT2D eigenvalue weighted by Crippen LogP contribution is 2.19. The number of hydrogen-bond donors (Lipinski definition) is 10. The van der Waals surface area contributed by atoms with Gasteiger partial charge in [0.25, 0.3) is 0 Å². The van der Waals surface area contributed by atoms with Crippen molar-refractivity contribution < 1.29 is 39.0 Å². The van der Waals surface area contributed by atoms with Crippen molar-refractivity contribution in [2.75, 3.05) is 6.54 Å². The molecule has 4 unspecified atom stereocenters. The molecule has 0 saturated carbocycles. The quantitative estimate of drug-likeness (QED) is 0.0503. The third-order valence-electron chi connectivity index (χ3n) is 6.06. The van der Waals surface area contributed by atoms with Crippen molar-refractivity contribution in [3.05, 3.63) is 36.0 Å². The molecule has 0 radical (unpaired) electrons. The molecule has 0 spiro atoms. The molecule has 228 valence electrons. The molecule has 1 aromatic heterocycles. The largest absolute Gasteiger partial charge is 0.481 e. The molecule has 0 aliphatic carbocycles. The maximum atomic E-state index is 13.4. The van der Waals surface area contributed by atoms with Gasteiger partial charge in [-0.3, -0.25) is 29.0 Å². The number of rotatable bonds is 17. The molecule has 4 amide bonds. The fourth-order valence-corrected chi connectivity index (χ4v) is 4.01. The minimum atomic E-state index is -1.67. The van der Waals surface area contributed by atoms with Crippen LogP contribution in [0.4, 0.5) is 0 Å². The molecule has 0 saturated heterocycles. The number of guanidine groups is 1. The van der Waals surface area contributed by atoms with Gasteiger partial charge in [0.2, 0.25) is 23.6 Å². The average Bonchev–Trinajstić information content (AvgIpc) is 3.31. The summed E-state index contributed by atoms with van der Waals surface area (Å²) in [7, 11) is 0. The normalized spacial score (nSPS) is 13.6. The van der Waals surface area contributed by atoms with Crippen LogP contribution in [-0.2, 0) is 35.2 Å². The van der Waals surface area contributed by atoms with Crippen LogP contribution in [0.2, 0.25) is 0 Å². The molecule has 14 N–H and O–H groups in total. The van der Waals surface area contributed by atoms with E-state index in [1.165, 1.54) is 0 Å². The van der Waals surface area contributed by atoms with Crippen LogP contribution in [0, 0.1) is 0 Å². The standard InChI is InChI=1S/C25H35N9O8/c26-14(9-20(36)37)21(38)32-16(6-3-7-30-25(28)29)22(39)33-17(23(40)34-18(24(41)42)10-19(27)35)8-12-11-31-15-5-2-1-4-13(12)15/h1-2,4-5,11,14,16-18,31H,3,6-10,26H2,(H2,27,35)(H,32,38)(H,33,39)(H,34,40)(H,36,37)(H,41,42)(H4,28,29,30). The van der Waals surface area contributed by atoms with Crippen molar-refractivity contribution in [2.24, 2.45) is 27.9 Å². The monoisotopic (exact) mass is 589 g/mol. The van der Waals surface area contributed by atoms with Crippen molar-refractivity contribution in [2.45, 2.75) is 56.3 Å². The molecule has 2 aromatic rings. The Morgan fingerprint density at radius 2 is 1.48 bits per heavy atom. The molecule has 17 nitrogen and oxygen atoms in total. The number of nitrogens with one attached hydrogen (secondary N) is 4. The van der Waals surface area contributed by atoms with Gasteiger partial charge in [0.05, 0.1) is 18.9 Å². The second-order valence-electron chi connectivity index (χ2n) is 9.41. The summed E-state index contributed by atoms with van der Waals surface area (Å²) in [6.45, 7) is 0.0931. The molecule has 0 aliphatic rings. The third-order valence-corrected chi connectivity index (χ3v) is 6.06. The van der Waals surface area contributed by atoms with E-state index >= 15 is 0 Å². The van der Waals surface area contributed by atoms with Gasteiger partial charge in [-0.15, -0.1) is 0 Å². The molecular weight excluding hydrogens is 554 g/mol. The summed E-state index contributed by atoms with van der Waals surface area (Å²) in [5.74, 6) is -6.72. The molecular formula is C25H35N9O8. The van der Waals surface area contributed by atoms with E-state index < -0.39 is 72.6 Å². The van der Waals surface area contributed by atoms with Gasteiger partial charge in [-0.2, -0.15) is 0 Å². The zero-order valence-electron chi connectivity index (χ0n) is 22.5. The number of hydrogen-bond acceptors (Lipinski definition) is 8. The van der Waals surface area contributed by atoms with E-state index in [0.717, 1.165) is 10.9 Å². The van der Waals surface area contributed by atoms with Crippen LogP contribution in [0.15, 0.2) is 35.5 Å². The number of carbonyl (C=O) groups excluding carboxylic acids is 4. The van der Waals surface area contributed by atoms with Gasteiger partial charge in [-0.25, -0.2) is 4.79 Å². The zero-order valence-corrected chi connectivity index (χ0v) is 22.5. The number of aromatic amines is 1. The van der Waals surface area contributed by atoms with E-state index in [-0.39, 0.29) is 31.8 Å². The minimum Gasteiger partial charge on any atom is -0.481 e. The van der Waals surface area contributed by atoms with Gasteiger partial charge in [-0.1, -0.05) is 18.2 Å². The average molecular weight is 590 g/mol. The number of nitrogens with two attached hydrogens (primary N) is 4. The second-order valence-corrected chi connectivity index (χ2v) is 9.41. The molecule has 17 heteroatoms. The van der Waals surface area contributed by atoms with Crippen molar-refractivity contribution in [3.63, 3.8) is 0 Å². The Labute approximate surface area is 239 Å². The highest BCUT2D eigenvalue weighted by molar-refractivity contribution is 5.96. The van der Waals surface area contributed by atoms with Crippen LogP contribution >= 0.6 is 0 Å². The highest BCUT2D eigenvalue weighted by Gasteiger charge is 2.31. The fourth-order valence-electron chi connectivity index (χ4n) is 4.01. The van der Waals surface area contributed by atoms with Gasteiger partial charge >= 0.3 is 11.9 Å². The lowest BCUT2D eigenvalue weighted by Gasteiger charge is -2.25. The number of carboxylic acids is 2. The van der Waals surface area contributed by atoms with Gasteiger partial charge in [-0.05, 0) is 24.5 Å². The molecule has 0 fully saturated rings. The predicted octanol–water partition coefficient (Wildman–Crippen LogP) is -3.02. The van der Waals surface area contributed by atoms with Crippen molar-refractivity contribution in [1.82, 2.24) is 20.9 Å². The summed E-state index contributed by atoms with van der Waals surface area (Å²) in [6.07, 6.45) is 0.278. The van der Waals surface area contributed by atoms with Crippen LogP contribution in [0.1, 0.15) is 31.2 Å². The van der Waals surface area contributed by atoms with Crippen LogP contribution in [0.5, 0.6) is 0 Å². The Morgan fingerprint density at radius 1 is 0.857 bits per heavy atom. The van der Waals surface area contributed by atoms with Gasteiger partial charge in [0.1, 0.15) is 18.1 Å². The van der Waals surface area contributed by atoms with Gasteiger partial charge < -0.3 is 54.1 Å². The molecule has 2 rings (SSSR count). The minimum absolute atomic E-state index is 0.0327. The van der Waals surface area contributed by atoms with Crippen molar-refractivity contribution in [1.29, 1.82) is 0 Å². The van der Waals surface area contributed by atoms with Crippen LogP contribution in [0.3, 0.4) is 0 Å². The lowest BCUT2D eigenvalue weighted by molar-refractivity contribution is -0.143. The number of fused-ring (bicyclic) bond motifs is 1. The molecule has 0 aliphatic heterocycles. The first-order valence-electron chi connectivity index (χ1n) is 12.8. The Morgan fingerprint density at radius 3 is 2.10 bits per heavy atom. The number of carboxylic acid groups (broad SMARTS) is 2. The number of aliphatic carboxylic acids is 2. The molecule has 1 aromatic carbocycles. The van der Waals surface area contributed by atoms with E-state index in [1.54, 1.807) is 30.5 Å². The predicted molar refractivity (Wildman–Crippen MR) is 149 cm³/mol. The van der Waals surface area contributed by atoms with Crippen LogP contribution in [0.25, 0.3) is 10.9 Å². The lowest BCUT2D eigenvalue weighted by Crippen LogP contribution is -2.58. The van der Waals surface area contributed by atoms with E-state index in [2.05, 4.69) is 25.9 Å². The topological polar surface area (TPSA) is 311 Å². The van der Waals surface area contributed by atoms with E-state index in [4.69, 9.17) is 28.0 Å². The summed E-state index contributed by atoms with van der Waals surface area (Å²) < 4.78 is 0. The van der Waals surface area contributed by atoms with Crippen LogP contribution < -0.4 is 38.9 Å². The number of para-hydroxylation sites is 1. The highest BCUT2D eigenvalue weighted by atomic mass is 16.4. The number of amides is 4. The summed E-state index contributed by atoms with van der Waals surface area (Å²) in [5, 5.41) is 26.3. The SMILES string of the molecule is NC(=O)CC(NC(=O)C(Cc1c[nH]c2ccccc12)NC(=O)C(CCCN=C(N)N)NC(=O)C(N)CC(=O)O)C(=O)O. The number of primary amides is 1. The van der Waals surface area contributed by atoms with Gasteiger partial charge in [0.15, 0.2) is 5.96 Å². The fraction of sp³-hybridized carbons (Fsp3) is 0.400. The summed E-state index contributed by atoms with van der Waals surface area (Å²) >= 11 is 0. The number of H-pyrrole nitrogens is 1. The number of carbonyl (C=O) groups is 6. The first kappa shape index (κ1) is 33.0. The van der Waals surface area contributed by atoms with Crippen molar-refractivity contribution in [3.8, 4) is 0 Å². The molecule has 1 heterocycles. The number of benzene rings is 1. The maximum Gasteiger partial charge on any atom is 0.326 e. The first-order chi connectivity index (χ1) is 19.8. The smallest absolute Gasteiger partial charge is 0.326 e. The van der Waals surface area contributed by atoms with E-state index in [9.17, 15) is 33.9 Å². The second kappa shape index (κ2) is 15.6. The molecule has 42 heavy (non-hydrogen) atoms. The summed E-state index contributed by atoms with van der Waals surface area (Å²) in [5.41, 5.74) is 22.7. The molecule has 4 atom stereocenters. The Hall–Kier alpha value is -5.19. The number of aliphatic imine (C=N–C) groups is 1. The number of aromatic nitrogens is 1. The van der Waals surface area contributed by atoms with E-state index in [0.29, 0.717) is 5.56 Å². The lowest BCUT2D eigenvalue weighted by atomic mass is 10.0. The Bertz CT molecular complexity index is 1340. The first-order valence-corrected chi connectivity index (χ1v) is 12.8. The zero-order chi connectivity index (χ0) is 31.4. The maximum absolute atomic E-state index is 13.4. The Kier molecular flexibility index (Phi) is 12.2. The third kappa shape index (κ3) is 10.4. The molecule has 0 bridgehead atoms. The summed E-state index contributed by atoms with van der Waals surface area (Å²) in [6, 6.07) is 1.32. The number of nitrogens with zero attached hydrogens (tertiary/aromatic N) is 1. The van der Waals surface area contributed by atoms with Crippen molar-refractivity contribution >= 4 is 52.4 Å². The Balaban J connectivity index is 2.34. The van der Waals surface area contributed by atoms with E-state index in [1.807, 2.05) is 0 Å². The van der Waals surface area contributed by atoms with Gasteiger partial charge in [0, 0.05) is 30.1 Å². The summed E-state index contributed by atoms with van der Waals surface area (Å²) in [4.78, 5) is 80.0.